The standard InChI is InChI=1S/C21H19N5O/c22-9-8-20(27)23-12-14-2-1-3-15(10-14)16-4-7-19-18(11-16)21(25-13-24-19)26-17-5-6-17/h1-4,7,10-11,13,17H,5-6,8,12H2,(H,23,27)(H,24,25,26). The zero-order valence-electron chi connectivity index (χ0n) is 14.8. The van der Waals surface area contributed by atoms with Gasteiger partial charge in [0.2, 0.25) is 5.91 Å². The minimum atomic E-state index is -0.262. The first kappa shape index (κ1) is 17.0. The Labute approximate surface area is 157 Å². The highest BCUT2D eigenvalue weighted by Crippen LogP contribution is 2.30. The maximum atomic E-state index is 11.5. The lowest BCUT2D eigenvalue weighted by Crippen LogP contribution is -2.21. The highest BCUT2D eigenvalue weighted by molar-refractivity contribution is 5.92. The third kappa shape index (κ3) is 4.04. The Hall–Kier alpha value is -3.46. The number of rotatable bonds is 6. The monoisotopic (exact) mass is 357 g/mol. The largest absolute Gasteiger partial charge is 0.367 e. The Morgan fingerprint density at radius 1 is 1.15 bits per heavy atom. The molecule has 0 radical (unpaired) electrons. The highest BCUT2D eigenvalue weighted by Gasteiger charge is 2.22. The van der Waals surface area contributed by atoms with Gasteiger partial charge < -0.3 is 10.6 Å². The number of hydrogen-bond acceptors (Lipinski definition) is 5. The van der Waals surface area contributed by atoms with Crippen molar-refractivity contribution in [2.75, 3.05) is 5.32 Å². The average molecular weight is 357 g/mol. The second kappa shape index (κ2) is 7.42. The van der Waals surface area contributed by atoms with Crippen LogP contribution in [0.15, 0.2) is 48.8 Å². The number of benzene rings is 2. The fourth-order valence-corrected chi connectivity index (χ4v) is 2.97. The molecule has 134 valence electrons. The maximum Gasteiger partial charge on any atom is 0.234 e. The van der Waals surface area contributed by atoms with Crippen molar-refractivity contribution in [1.82, 2.24) is 15.3 Å². The summed E-state index contributed by atoms with van der Waals surface area (Å²) < 4.78 is 0. The van der Waals surface area contributed by atoms with Gasteiger partial charge in [0, 0.05) is 18.0 Å². The number of aromatic nitrogens is 2. The average Bonchev–Trinajstić information content (AvgIpc) is 3.51. The molecule has 0 atom stereocenters. The van der Waals surface area contributed by atoms with Gasteiger partial charge in [-0.25, -0.2) is 9.97 Å². The number of hydrogen-bond donors (Lipinski definition) is 2. The van der Waals surface area contributed by atoms with Crippen LogP contribution in [0.25, 0.3) is 22.0 Å². The number of carbonyl (C=O) groups is 1. The van der Waals surface area contributed by atoms with Crippen molar-refractivity contribution >= 4 is 22.6 Å². The van der Waals surface area contributed by atoms with E-state index in [2.05, 4.69) is 26.7 Å². The molecule has 1 aliphatic carbocycles. The summed E-state index contributed by atoms with van der Waals surface area (Å²) in [4.78, 5) is 20.3. The van der Waals surface area contributed by atoms with Crippen LogP contribution in [0.3, 0.4) is 0 Å². The summed E-state index contributed by atoms with van der Waals surface area (Å²) in [6, 6.07) is 16.5. The molecule has 1 amide bonds. The van der Waals surface area contributed by atoms with Gasteiger partial charge in [0.05, 0.1) is 11.6 Å². The van der Waals surface area contributed by atoms with Crippen molar-refractivity contribution in [2.24, 2.45) is 0 Å². The van der Waals surface area contributed by atoms with E-state index in [0.717, 1.165) is 33.4 Å². The van der Waals surface area contributed by atoms with Crippen LogP contribution in [-0.4, -0.2) is 21.9 Å². The zero-order valence-corrected chi connectivity index (χ0v) is 14.8. The first-order valence-corrected chi connectivity index (χ1v) is 8.97. The van der Waals surface area contributed by atoms with E-state index in [-0.39, 0.29) is 12.3 Å². The van der Waals surface area contributed by atoms with Crippen molar-refractivity contribution in [3.05, 3.63) is 54.4 Å². The minimum Gasteiger partial charge on any atom is -0.367 e. The molecule has 4 rings (SSSR count). The number of anilines is 1. The molecule has 0 aliphatic heterocycles. The third-order valence-electron chi connectivity index (χ3n) is 4.54. The molecule has 1 aliphatic rings. The number of amides is 1. The smallest absolute Gasteiger partial charge is 0.234 e. The van der Waals surface area contributed by atoms with Gasteiger partial charge in [-0.1, -0.05) is 24.3 Å². The molecule has 1 heterocycles. The summed E-state index contributed by atoms with van der Waals surface area (Å²) in [7, 11) is 0. The first-order chi connectivity index (χ1) is 13.2. The van der Waals surface area contributed by atoms with Gasteiger partial charge in [0.25, 0.3) is 0 Å². The summed E-state index contributed by atoms with van der Waals surface area (Å²) in [6.45, 7) is 0.402. The van der Waals surface area contributed by atoms with Crippen LogP contribution < -0.4 is 10.6 Å². The van der Waals surface area contributed by atoms with Gasteiger partial charge in [-0.15, -0.1) is 0 Å². The van der Waals surface area contributed by atoms with Crippen LogP contribution >= 0.6 is 0 Å². The summed E-state index contributed by atoms with van der Waals surface area (Å²) >= 11 is 0. The molecule has 6 heteroatoms. The van der Waals surface area contributed by atoms with Crippen LogP contribution in [0, 0.1) is 11.3 Å². The van der Waals surface area contributed by atoms with E-state index >= 15 is 0 Å². The van der Waals surface area contributed by atoms with Crippen LogP contribution in [0.1, 0.15) is 24.8 Å². The highest BCUT2D eigenvalue weighted by atomic mass is 16.1. The Bertz CT molecular complexity index is 1040. The van der Waals surface area contributed by atoms with Crippen molar-refractivity contribution in [1.29, 1.82) is 5.26 Å². The molecule has 3 aromatic rings. The molecule has 1 fully saturated rings. The molecule has 0 saturated heterocycles. The van der Waals surface area contributed by atoms with Crippen molar-refractivity contribution in [3.63, 3.8) is 0 Å². The number of nitrogens with zero attached hydrogens (tertiary/aromatic N) is 3. The van der Waals surface area contributed by atoms with E-state index in [1.165, 1.54) is 12.8 Å². The van der Waals surface area contributed by atoms with Gasteiger partial charge in [0.15, 0.2) is 0 Å². The lowest BCUT2D eigenvalue weighted by molar-refractivity contribution is -0.120. The summed E-state index contributed by atoms with van der Waals surface area (Å²) in [5.74, 6) is 0.617. The molecule has 1 aromatic heterocycles. The molecule has 27 heavy (non-hydrogen) atoms. The molecule has 0 bridgehead atoms. The second-order valence-electron chi connectivity index (χ2n) is 6.68. The molecular formula is C21H19N5O. The lowest BCUT2D eigenvalue weighted by Gasteiger charge is -2.10. The van der Waals surface area contributed by atoms with Crippen LogP contribution in [0.2, 0.25) is 0 Å². The predicted octanol–water partition coefficient (Wildman–Crippen LogP) is 3.40. The molecule has 6 nitrogen and oxygen atoms in total. The number of nitriles is 1. The van der Waals surface area contributed by atoms with E-state index in [0.29, 0.717) is 12.6 Å². The summed E-state index contributed by atoms with van der Waals surface area (Å²) in [5, 5.41) is 15.8. The number of fused-ring (bicyclic) bond motifs is 1. The Kier molecular flexibility index (Phi) is 4.67. The zero-order chi connectivity index (χ0) is 18.6. The van der Waals surface area contributed by atoms with E-state index in [1.807, 2.05) is 42.5 Å². The molecule has 0 unspecified atom stereocenters. The summed E-state index contributed by atoms with van der Waals surface area (Å²) in [6.07, 6.45) is 3.84. The second-order valence-corrected chi connectivity index (χ2v) is 6.68. The van der Waals surface area contributed by atoms with Gasteiger partial charge in [-0.3, -0.25) is 4.79 Å². The van der Waals surface area contributed by atoms with E-state index < -0.39 is 0 Å². The fraction of sp³-hybridized carbons (Fsp3) is 0.238. The van der Waals surface area contributed by atoms with Gasteiger partial charge >= 0.3 is 0 Å². The van der Waals surface area contributed by atoms with Crippen LogP contribution in [-0.2, 0) is 11.3 Å². The van der Waals surface area contributed by atoms with E-state index in [1.54, 1.807) is 6.33 Å². The number of carbonyl (C=O) groups excluding carboxylic acids is 1. The van der Waals surface area contributed by atoms with Crippen molar-refractivity contribution in [3.8, 4) is 17.2 Å². The molecule has 2 aromatic carbocycles. The molecule has 1 saturated carbocycles. The van der Waals surface area contributed by atoms with Gasteiger partial charge in [-0.05, 0) is 47.7 Å². The molecular weight excluding hydrogens is 338 g/mol. The Morgan fingerprint density at radius 3 is 2.81 bits per heavy atom. The van der Waals surface area contributed by atoms with Crippen molar-refractivity contribution in [2.45, 2.75) is 31.8 Å². The topological polar surface area (TPSA) is 90.7 Å². The third-order valence-corrected chi connectivity index (χ3v) is 4.54. The fourth-order valence-electron chi connectivity index (χ4n) is 2.97. The first-order valence-electron chi connectivity index (χ1n) is 8.97. The van der Waals surface area contributed by atoms with E-state index in [9.17, 15) is 4.79 Å². The molecule has 2 N–H and O–H groups in total. The van der Waals surface area contributed by atoms with Crippen LogP contribution in [0.5, 0.6) is 0 Å². The maximum absolute atomic E-state index is 11.5. The van der Waals surface area contributed by atoms with Gasteiger partial charge in [-0.2, -0.15) is 5.26 Å². The van der Waals surface area contributed by atoms with Gasteiger partial charge in [0.1, 0.15) is 18.6 Å². The Balaban J connectivity index is 1.61. The Morgan fingerprint density at radius 2 is 2.00 bits per heavy atom. The van der Waals surface area contributed by atoms with Crippen LogP contribution in [0.4, 0.5) is 5.82 Å². The minimum absolute atomic E-state index is 0.124. The summed E-state index contributed by atoms with van der Waals surface area (Å²) in [5.41, 5.74) is 4.03. The normalized spacial score (nSPS) is 13.1. The lowest BCUT2D eigenvalue weighted by atomic mass is 10.0. The van der Waals surface area contributed by atoms with Crippen molar-refractivity contribution < 1.29 is 4.79 Å². The number of nitrogens with one attached hydrogen (secondary N) is 2. The predicted molar refractivity (Wildman–Crippen MR) is 104 cm³/mol. The SMILES string of the molecule is N#CCC(=O)NCc1cccc(-c2ccc3ncnc(NC4CC4)c3c2)c1. The molecule has 0 spiro atoms. The van der Waals surface area contributed by atoms with E-state index in [4.69, 9.17) is 5.26 Å². The quantitative estimate of drug-likeness (QED) is 0.705.